The molecule has 82 valence electrons. The summed E-state index contributed by atoms with van der Waals surface area (Å²) in [6.07, 6.45) is 6.39. The van der Waals surface area contributed by atoms with E-state index < -0.39 is 0 Å². The van der Waals surface area contributed by atoms with Crippen molar-refractivity contribution in [2.24, 2.45) is 22.7 Å². The second-order valence-corrected chi connectivity index (χ2v) is 6.60. The van der Waals surface area contributed by atoms with E-state index in [-0.39, 0.29) is 11.4 Å². The second kappa shape index (κ2) is 2.54. The third-order valence-corrected chi connectivity index (χ3v) is 7.22. The van der Waals surface area contributed by atoms with Crippen molar-refractivity contribution in [3.05, 3.63) is 0 Å². The molecule has 2 bridgehead atoms. The molecule has 0 aromatic heterocycles. The van der Waals surface area contributed by atoms with Crippen molar-refractivity contribution in [1.82, 2.24) is 0 Å². The van der Waals surface area contributed by atoms with Gasteiger partial charge in [0.2, 0.25) is 0 Å². The van der Waals surface area contributed by atoms with Gasteiger partial charge in [0, 0.05) is 10.3 Å². The first-order valence-corrected chi connectivity index (χ1v) is 7.54. The Balaban J connectivity index is 1.96. The highest BCUT2D eigenvalue weighted by molar-refractivity contribution is 14.1. The van der Waals surface area contributed by atoms with Crippen LogP contribution in [0.1, 0.15) is 32.1 Å². The van der Waals surface area contributed by atoms with Gasteiger partial charge in [-0.25, -0.2) is 0 Å². The number of carbonyl (C=O) groups is 1. The van der Waals surface area contributed by atoms with Crippen LogP contribution in [0.15, 0.2) is 0 Å². The largest absolute Gasteiger partial charge is 0.462 e. The maximum atomic E-state index is 12.2. The molecule has 0 unspecified atom stereocenters. The first kappa shape index (κ1) is 9.25. The molecular weight excluding hydrogens is 303 g/mol. The molecule has 0 aromatic carbocycles. The molecule has 0 radical (unpaired) electrons. The van der Waals surface area contributed by atoms with Crippen LogP contribution >= 0.6 is 22.6 Å². The Hall–Kier alpha value is 0.200. The summed E-state index contributed by atoms with van der Waals surface area (Å²) in [4.78, 5) is 12.2. The molecule has 0 N–H and O–H groups in total. The van der Waals surface area contributed by atoms with Crippen molar-refractivity contribution >= 4 is 28.6 Å². The second-order valence-electron chi connectivity index (χ2n) is 5.83. The highest BCUT2D eigenvalue weighted by atomic mass is 127. The van der Waals surface area contributed by atoms with E-state index in [9.17, 15) is 4.79 Å². The van der Waals surface area contributed by atoms with E-state index in [2.05, 4.69) is 22.6 Å². The fraction of sp³-hybridized carbons (Fsp3) is 0.917. The molecule has 1 saturated heterocycles. The predicted molar refractivity (Wildman–Crippen MR) is 63.7 cm³/mol. The normalized spacial score (nSPS) is 59.8. The van der Waals surface area contributed by atoms with Crippen LogP contribution in [0, 0.1) is 22.7 Å². The third kappa shape index (κ3) is 0.719. The minimum absolute atomic E-state index is 0.0260. The van der Waals surface area contributed by atoms with Crippen LogP contribution in [0.4, 0.5) is 0 Å². The van der Waals surface area contributed by atoms with E-state index in [0.29, 0.717) is 17.4 Å². The quantitative estimate of drug-likeness (QED) is 0.422. The summed E-state index contributed by atoms with van der Waals surface area (Å²) in [6.45, 7) is 0. The fourth-order valence-corrected chi connectivity index (χ4v) is 7.06. The van der Waals surface area contributed by atoms with E-state index in [4.69, 9.17) is 4.74 Å². The smallest absolute Gasteiger partial charge is 0.313 e. The van der Waals surface area contributed by atoms with Gasteiger partial charge in [-0.3, -0.25) is 4.79 Å². The molecule has 0 aromatic rings. The van der Waals surface area contributed by atoms with Crippen molar-refractivity contribution < 1.29 is 9.53 Å². The van der Waals surface area contributed by atoms with Crippen LogP contribution in [0.5, 0.6) is 0 Å². The molecule has 15 heavy (non-hydrogen) atoms. The SMILES string of the molecule is O=C1O[C@@H]2C[C@H]3C[C@@H]2[C@@]12CCC[C@]32CI. The molecule has 2 nitrogen and oxygen atoms in total. The monoisotopic (exact) mass is 318 g/mol. The molecule has 0 amide bonds. The highest BCUT2D eigenvalue weighted by Gasteiger charge is 2.78. The molecule has 1 heterocycles. The number of carbonyl (C=O) groups excluding carboxylic acids is 1. The standard InChI is InChI=1S/C12H15IO2/c13-6-11-2-1-3-12(11)8-4-7(11)5-9(8)15-10(12)14/h7-9H,1-6H2/t7-,8+,9-,11+,12+/m1/s1. The molecular formula is C12H15IO2. The van der Waals surface area contributed by atoms with Crippen LogP contribution in [-0.4, -0.2) is 16.5 Å². The van der Waals surface area contributed by atoms with E-state index in [1.165, 1.54) is 25.7 Å². The van der Waals surface area contributed by atoms with Gasteiger partial charge in [0.1, 0.15) is 6.10 Å². The molecule has 1 spiro atoms. The Labute approximate surface area is 103 Å². The summed E-state index contributed by atoms with van der Waals surface area (Å²) < 4.78 is 6.79. The van der Waals surface area contributed by atoms with Gasteiger partial charge in [0.05, 0.1) is 5.41 Å². The van der Waals surface area contributed by atoms with Crippen LogP contribution in [0.2, 0.25) is 0 Å². The maximum absolute atomic E-state index is 12.2. The van der Waals surface area contributed by atoms with Gasteiger partial charge in [0.15, 0.2) is 0 Å². The summed E-state index contributed by atoms with van der Waals surface area (Å²) in [6, 6.07) is 0. The van der Waals surface area contributed by atoms with Crippen molar-refractivity contribution in [2.75, 3.05) is 4.43 Å². The fourth-order valence-electron chi connectivity index (χ4n) is 5.37. The number of hydrogen-bond donors (Lipinski definition) is 0. The summed E-state index contributed by atoms with van der Waals surface area (Å²) in [5, 5.41) is 0. The van der Waals surface area contributed by atoms with Crippen LogP contribution in [-0.2, 0) is 9.53 Å². The number of hydrogen-bond acceptors (Lipinski definition) is 2. The van der Waals surface area contributed by atoms with Crippen molar-refractivity contribution in [3.8, 4) is 0 Å². The van der Waals surface area contributed by atoms with Gasteiger partial charge in [-0.15, -0.1) is 0 Å². The Morgan fingerprint density at radius 3 is 3.07 bits per heavy atom. The molecule has 4 fully saturated rings. The minimum Gasteiger partial charge on any atom is -0.462 e. The highest BCUT2D eigenvalue weighted by Crippen LogP contribution is 2.76. The van der Waals surface area contributed by atoms with Gasteiger partial charge < -0.3 is 4.74 Å². The molecule has 4 aliphatic rings. The molecule has 4 rings (SSSR count). The van der Waals surface area contributed by atoms with Gasteiger partial charge in [-0.1, -0.05) is 29.0 Å². The van der Waals surface area contributed by atoms with Crippen molar-refractivity contribution in [2.45, 2.75) is 38.2 Å². The Morgan fingerprint density at radius 2 is 2.27 bits per heavy atom. The van der Waals surface area contributed by atoms with Crippen LogP contribution < -0.4 is 0 Å². The number of esters is 1. The lowest BCUT2D eigenvalue weighted by Gasteiger charge is -2.42. The first-order valence-electron chi connectivity index (χ1n) is 6.02. The van der Waals surface area contributed by atoms with E-state index in [1.54, 1.807) is 0 Å². The number of fused-ring (bicyclic) bond motifs is 2. The summed E-state index contributed by atoms with van der Waals surface area (Å²) in [5.74, 6) is 1.55. The lowest BCUT2D eigenvalue weighted by molar-refractivity contribution is -0.150. The molecule has 3 heteroatoms. The summed E-state index contributed by atoms with van der Waals surface area (Å²) >= 11 is 2.51. The summed E-state index contributed by atoms with van der Waals surface area (Å²) in [5.41, 5.74) is 0.310. The molecule has 5 atom stereocenters. The van der Waals surface area contributed by atoms with E-state index in [0.717, 1.165) is 16.8 Å². The van der Waals surface area contributed by atoms with Gasteiger partial charge in [0.25, 0.3) is 0 Å². The Morgan fingerprint density at radius 1 is 1.40 bits per heavy atom. The minimum atomic E-state index is -0.0260. The van der Waals surface area contributed by atoms with Crippen LogP contribution in [0.3, 0.4) is 0 Å². The van der Waals surface area contributed by atoms with Gasteiger partial charge in [-0.2, -0.15) is 0 Å². The molecule has 1 aliphatic heterocycles. The first-order chi connectivity index (χ1) is 7.24. The lowest BCUT2D eigenvalue weighted by atomic mass is 9.59. The Bertz CT molecular complexity index is 356. The number of halogens is 1. The third-order valence-electron chi connectivity index (χ3n) is 5.86. The lowest BCUT2D eigenvalue weighted by Crippen LogP contribution is -2.46. The number of ether oxygens (including phenoxy) is 1. The van der Waals surface area contributed by atoms with E-state index >= 15 is 0 Å². The predicted octanol–water partition coefficient (Wildman–Crippen LogP) is 2.54. The zero-order valence-corrected chi connectivity index (χ0v) is 10.8. The van der Waals surface area contributed by atoms with Crippen molar-refractivity contribution in [1.29, 1.82) is 0 Å². The van der Waals surface area contributed by atoms with Crippen LogP contribution in [0.25, 0.3) is 0 Å². The van der Waals surface area contributed by atoms with Gasteiger partial charge in [-0.05, 0) is 37.0 Å². The average Bonchev–Trinajstić information content (AvgIpc) is 2.85. The topological polar surface area (TPSA) is 26.3 Å². The van der Waals surface area contributed by atoms with Gasteiger partial charge >= 0.3 is 5.97 Å². The summed E-state index contributed by atoms with van der Waals surface area (Å²) in [7, 11) is 0. The molecule has 3 aliphatic carbocycles. The average molecular weight is 318 g/mol. The zero-order valence-electron chi connectivity index (χ0n) is 8.67. The number of alkyl halides is 1. The number of rotatable bonds is 1. The Kier molecular flexibility index (Phi) is 1.57. The molecule has 3 saturated carbocycles. The maximum Gasteiger partial charge on any atom is 0.313 e. The van der Waals surface area contributed by atoms with E-state index in [1.807, 2.05) is 0 Å². The zero-order chi connectivity index (χ0) is 10.3. The van der Waals surface area contributed by atoms with Crippen molar-refractivity contribution in [3.63, 3.8) is 0 Å².